The molecule has 0 aliphatic rings. The number of ether oxygens (including phenoxy) is 1. The first-order chi connectivity index (χ1) is 9.19. The van der Waals surface area contributed by atoms with Gasteiger partial charge in [0.15, 0.2) is 0 Å². The van der Waals surface area contributed by atoms with Crippen molar-refractivity contribution in [3.05, 3.63) is 63.9 Å². The molecule has 2 rings (SSSR count). The number of anilines is 1. The number of halogens is 2. The van der Waals surface area contributed by atoms with E-state index in [4.69, 9.17) is 4.74 Å². The molecule has 100 valence electrons. The summed E-state index contributed by atoms with van der Waals surface area (Å²) in [6.07, 6.45) is 0. The lowest BCUT2D eigenvalue weighted by molar-refractivity contribution is 0.185. The Kier molecular flexibility index (Phi) is 4.93. The van der Waals surface area contributed by atoms with E-state index >= 15 is 0 Å². The van der Waals surface area contributed by atoms with E-state index < -0.39 is 0 Å². The van der Waals surface area contributed by atoms with Crippen molar-refractivity contribution >= 4 is 21.6 Å². The predicted molar refractivity (Wildman–Crippen MR) is 78.6 cm³/mol. The normalized spacial score (nSPS) is 10.5. The lowest BCUT2D eigenvalue weighted by atomic mass is 10.1. The van der Waals surface area contributed by atoms with Crippen LogP contribution < -0.4 is 5.32 Å². The highest BCUT2D eigenvalue weighted by Gasteiger charge is 2.02. The minimum Gasteiger partial charge on any atom is -0.380 e. The van der Waals surface area contributed by atoms with Crippen LogP contribution in [0.2, 0.25) is 0 Å². The summed E-state index contributed by atoms with van der Waals surface area (Å²) in [6.45, 7) is 1.20. The van der Waals surface area contributed by atoms with Crippen LogP contribution in [0.1, 0.15) is 11.1 Å². The van der Waals surface area contributed by atoms with Gasteiger partial charge in [-0.1, -0.05) is 40.2 Å². The molecule has 0 aliphatic carbocycles. The molecule has 0 fully saturated rings. The molecule has 4 heteroatoms. The molecule has 0 heterocycles. The SMILES string of the molecule is COCc1ccc(CNc2ccc(Br)cc2F)cc1. The molecule has 2 aromatic rings. The van der Waals surface area contributed by atoms with E-state index in [1.807, 2.05) is 30.3 Å². The van der Waals surface area contributed by atoms with Gasteiger partial charge in [-0.05, 0) is 29.3 Å². The zero-order valence-corrected chi connectivity index (χ0v) is 12.2. The molecule has 0 aromatic heterocycles. The maximum atomic E-state index is 13.6. The van der Waals surface area contributed by atoms with Gasteiger partial charge in [0.25, 0.3) is 0 Å². The average Bonchev–Trinajstić information content (AvgIpc) is 2.40. The van der Waals surface area contributed by atoms with Crippen LogP contribution in [0.3, 0.4) is 0 Å². The highest BCUT2D eigenvalue weighted by atomic mass is 79.9. The Morgan fingerprint density at radius 1 is 1.11 bits per heavy atom. The fraction of sp³-hybridized carbons (Fsp3) is 0.200. The Hall–Kier alpha value is -1.39. The van der Waals surface area contributed by atoms with Gasteiger partial charge >= 0.3 is 0 Å². The maximum absolute atomic E-state index is 13.6. The van der Waals surface area contributed by atoms with Crippen molar-refractivity contribution in [2.24, 2.45) is 0 Å². The number of benzene rings is 2. The second kappa shape index (κ2) is 6.68. The number of rotatable bonds is 5. The van der Waals surface area contributed by atoms with Crippen LogP contribution in [0.4, 0.5) is 10.1 Å². The quantitative estimate of drug-likeness (QED) is 0.883. The summed E-state index contributed by atoms with van der Waals surface area (Å²) in [4.78, 5) is 0. The maximum Gasteiger partial charge on any atom is 0.147 e. The highest BCUT2D eigenvalue weighted by Crippen LogP contribution is 2.20. The molecule has 0 radical (unpaired) electrons. The van der Waals surface area contributed by atoms with Gasteiger partial charge in [0.1, 0.15) is 5.82 Å². The Balaban J connectivity index is 1.98. The van der Waals surface area contributed by atoms with Gasteiger partial charge in [0.05, 0.1) is 12.3 Å². The Bertz CT molecular complexity index is 542. The molecule has 0 unspecified atom stereocenters. The van der Waals surface area contributed by atoms with E-state index in [1.165, 1.54) is 6.07 Å². The first-order valence-electron chi connectivity index (χ1n) is 5.94. The lowest BCUT2D eigenvalue weighted by Crippen LogP contribution is -2.01. The van der Waals surface area contributed by atoms with Crippen LogP contribution in [0.5, 0.6) is 0 Å². The van der Waals surface area contributed by atoms with Crippen LogP contribution in [-0.4, -0.2) is 7.11 Å². The first-order valence-corrected chi connectivity index (χ1v) is 6.74. The van der Waals surface area contributed by atoms with Crippen molar-refractivity contribution in [2.75, 3.05) is 12.4 Å². The summed E-state index contributed by atoms with van der Waals surface area (Å²) in [6, 6.07) is 13.0. The summed E-state index contributed by atoms with van der Waals surface area (Å²) < 4.78 is 19.4. The van der Waals surface area contributed by atoms with Crippen LogP contribution in [0.25, 0.3) is 0 Å². The minimum absolute atomic E-state index is 0.259. The summed E-state index contributed by atoms with van der Waals surface area (Å²) in [5.41, 5.74) is 2.73. The fourth-order valence-corrected chi connectivity index (χ4v) is 2.08. The largest absolute Gasteiger partial charge is 0.380 e. The first kappa shape index (κ1) is 14.0. The monoisotopic (exact) mass is 323 g/mol. The van der Waals surface area contributed by atoms with Crippen LogP contribution in [0, 0.1) is 5.82 Å². The smallest absolute Gasteiger partial charge is 0.147 e. The molecule has 0 spiro atoms. The second-order valence-electron chi connectivity index (χ2n) is 4.23. The van der Waals surface area contributed by atoms with Crippen molar-refractivity contribution < 1.29 is 9.13 Å². The van der Waals surface area contributed by atoms with Crippen molar-refractivity contribution in [2.45, 2.75) is 13.2 Å². The van der Waals surface area contributed by atoms with Gasteiger partial charge in [-0.3, -0.25) is 0 Å². The van der Waals surface area contributed by atoms with E-state index in [0.717, 1.165) is 15.6 Å². The van der Waals surface area contributed by atoms with Crippen molar-refractivity contribution in [3.63, 3.8) is 0 Å². The molecular formula is C15H15BrFNO. The van der Waals surface area contributed by atoms with Crippen molar-refractivity contribution in [3.8, 4) is 0 Å². The molecule has 0 saturated carbocycles. The third-order valence-electron chi connectivity index (χ3n) is 2.75. The van der Waals surface area contributed by atoms with E-state index in [9.17, 15) is 4.39 Å². The van der Waals surface area contributed by atoms with Gasteiger partial charge in [0.2, 0.25) is 0 Å². The van der Waals surface area contributed by atoms with Gasteiger partial charge < -0.3 is 10.1 Å². The minimum atomic E-state index is -0.259. The topological polar surface area (TPSA) is 21.3 Å². The van der Waals surface area contributed by atoms with Crippen molar-refractivity contribution in [1.29, 1.82) is 0 Å². The molecule has 2 nitrogen and oxygen atoms in total. The number of methoxy groups -OCH3 is 1. The zero-order valence-electron chi connectivity index (χ0n) is 10.6. The van der Waals surface area contributed by atoms with Gasteiger partial charge in [0, 0.05) is 18.1 Å². The van der Waals surface area contributed by atoms with Gasteiger partial charge in [-0.25, -0.2) is 4.39 Å². The van der Waals surface area contributed by atoms with Crippen LogP contribution in [-0.2, 0) is 17.9 Å². The molecule has 0 aliphatic heterocycles. The molecule has 19 heavy (non-hydrogen) atoms. The van der Waals surface area contributed by atoms with Gasteiger partial charge in [-0.2, -0.15) is 0 Å². The third kappa shape index (κ3) is 4.04. The Morgan fingerprint density at radius 3 is 2.42 bits per heavy atom. The molecule has 1 N–H and O–H groups in total. The van der Waals surface area contributed by atoms with E-state index in [1.54, 1.807) is 13.2 Å². The molecular weight excluding hydrogens is 309 g/mol. The van der Waals surface area contributed by atoms with E-state index in [0.29, 0.717) is 18.8 Å². The molecule has 2 aromatic carbocycles. The summed E-state index contributed by atoms with van der Waals surface area (Å²) in [5, 5.41) is 3.08. The highest BCUT2D eigenvalue weighted by molar-refractivity contribution is 9.10. The fourth-order valence-electron chi connectivity index (χ4n) is 1.75. The number of nitrogens with one attached hydrogen (secondary N) is 1. The Labute approximate surface area is 120 Å². The van der Waals surface area contributed by atoms with E-state index in [2.05, 4.69) is 21.2 Å². The third-order valence-corrected chi connectivity index (χ3v) is 3.24. The number of hydrogen-bond acceptors (Lipinski definition) is 2. The average molecular weight is 324 g/mol. The summed E-state index contributed by atoms with van der Waals surface area (Å²) in [5.74, 6) is -0.259. The zero-order chi connectivity index (χ0) is 13.7. The van der Waals surface area contributed by atoms with Crippen LogP contribution >= 0.6 is 15.9 Å². The molecule has 0 amide bonds. The van der Waals surface area contributed by atoms with Crippen LogP contribution in [0.15, 0.2) is 46.9 Å². The standard InChI is InChI=1S/C15H15BrFNO/c1-19-10-12-4-2-11(3-5-12)9-18-15-7-6-13(16)8-14(15)17/h2-8,18H,9-10H2,1H3. The molecule has 0 saturated heterocycles. The molecule has 0 atom stereocenters. The summed E-state index contributed by atoms with van der Waals surface area (Å²) >= 11 is 3.24. The summed E-state index contributed by atoms with van der Waals surface area (Å²) in [7, 11) is 1.67. The van der Waals surface area contributed by atoms with Crippen molar-refractivity contribution in [1.82, 2.24) is 0 Å². The lowest BCUT2D eigenvalue weighted by Gasteiger charge is -2.08. The van der Waals surface area contributed by atoms with E-state index in [-0.39, 0.29) is 5.82 Å². The molecule has 0 bridgehead atoms. The predicted octanol–water partition coefficient (Wildman–Crippen LogP) is 4.35. The second-order valence-corrected chi connectivity index (χ2v) is 5.14. The van der Waals surface area contributed by atoms with Gasteiger partial charge in [-0.15, -0.1) is 0 Å². The Morgan fingerprint density at radius 2 is 1.79 bits per heavy atom. The number of hydrogen-bond donors (Lipinski definition) is 1.